The van der Waals surface area contributed by atoms with Crippen LogP contribution >= 0.6 is 0 Å². The van der Waals surface area contributed by atoms with Crippen LogP contribution in [0.25, 0.3) is 0 Å². The van der Waals surface area contributed by atoms with Crippen LogP contribution in [0.2, 0.25) is 0 Å². The first-order valence-corrected chi connectivity index (χ1v) is 8.20. The fraction of sp³-hybridized carbons (Fsp3) is 0.0435. The average Bonchev–Trinajstić information content (AvgIpc) is 3.34. The fourth-order valence-corrected chi connectivity index (χ4v) is 2.85. The van der Waals surface area contributed by atoms with E-state index in [1.54, 1.807) is 24.3 Å². The molecule has 2 saturated carbocycles. The van der Waals surface area contributed by atoms with Crippen LogP contribution in [0.15, 0.2) is 48.5 Å². The summed E-state index contributed by atoms with van der Waals surface area (Å²) in [6.45, 7) is 0. The molecule has 0 spiro atoms. The monoisotopic (exact) mass is 384 g/mol. The van der Waals surface area contributed by atoms with Crippen molar-refractivity contribution in [1.82, 2.24) is 0 Å². The zero-order valence-corrected chi connectivity index (χ0v) is 15.2. The van der Waals surface area contributed by atoms with E-state index in [4.69, 9.17) is 0 Å². The summed E-state index contributed by atoms with van der Waals surface area (Å²) >= 11 is 0. The molecule has 10 radical (unpaired) electrons. The Morgan fingerprint density at radius 3 is 1.69 bits per heavy atom. The normalized spacial score (nSPS) is 17.8. The Morgan fingerprint density at radius 2 is 1.15 bits per heavy atom. The van der Waals surface area contributed by atoms with Gasteiger partial charge in [0.1, 0.15) is 11.5 Å². The average molecular weight is 384 g/mol. The van der Waals surface area contributed by atoms with E-state index in [9.17, 15) is 10.2 Å². The van der Waals surface area contributed by atoms with Crippen molar-refractivity contribution < 1.29 is 27.3 Å². The van der Waals surface area contributed by atoms with Crippen LogP contribution in [0.1, 0.15) is 17.0 Å². The molecule has 1 unspecified atom stereocenters. The van der Waals surface area contributed by atoms with Crippen LogP contribution in [-0.4, -0.2) is 10.2 Å². The summed E-state index contributed by atoms with van der Waals surface area (Å²) in [7, 11) is 0. The minimum absolute atomic E-state index is 0. The van der Waals surface area contributed by atoms with Gasteiger partial charge in [0.25, 0.3) is 0 Å². The van der Waals surface area contributed by atoms with Crippen molar-refractivity contribution >= 4 is 0 Å². The van der Waals surface area contributed by atoms with E-state index in [0.29, 0.717) is 0 Å². The zero-order valence-electron chi connectivity index (χ0n) is 14.1. The Kier molecular flexibility index (Phi) is 8.54. The maximum Gasteiger partial charge on any atom is 2.00 e. The summed E-state index contributed by atoms with van der Waals surface area (Å²) in [5, 5.41) is 19.2. The van der Waals surface area contributed by atoms with E-state index in [1.807, 2.05) is 69.2 Å². The first kappa shape index (κ1) is 20.9. The Balaban J connectivity index is 0.000000351. The van der Waals surface area contributed by atoms with Gasteiger partial charge in [-0.3, -0.25) is 0 Å². The first-order chi connectivity index (χ1) is 12.2. The molecular formula is C23H20FeO2+2. The summed E-state index contributed by atoms with van der Waals surface area (Å²) in [6, 6.07) is 14.5. The molecule has 130 valence electrons. The minimum Gasteiger partial charge on any atom is -0.508 e. The van der Waals surface area contributed by atoms with E-state index < -0.39 is 0 Å². The topological polar surface area (TPSA) is 40.5 Å². The predicted octanol–water partition coefficient (Wildman–Crippen LogP) is 4.65. The van der Waals surface area contributed by atoms with Crippen LogP contribution < -0.4 is 0 Å². The summed E-state index contributed by atoms with van der Waals surface area (Å²) in [5.74, 6) is 1.74. The first-order valence-electron chi connectivity index (χ1n) is 8.20. The third-order valence-corrected chi connectivity index (χ3v) is 4.01. The van der Waals surface area contributed by atoms with Crippen molar-refractivity contribution in [2.24, 2.45) is 0 Å². The van der Waals surface area contributed by atoms with Gasteiger partial charge in [-0.05, 0) is 99.1 Å². The minimum atomic E-state index is 0. The number of aromatic hydroxyl groups is 2. The van der Waals surface area contributed by atoms with Crippen molar-refractivity contribution in [1.29, 1.82) is 0 Å². The number of phenols is 2. The molecule has 2 aliphatic carbocycles. The molecule has 0 aromatic heterocycles. The van der Waals surface area contributed by atoms with Gasteiger partial charge in [0, 0.05) is 5.92 Å². The van der Waals surface area contributed by atoms with Gasteiger partial charge >= 0.3 is 17.1 Å². The van der Waals surface area contributed by atoms with Gasteiger partial charge in [-0.1, -0.05) is 24.3 Å². The smallest absolute Gasteiger partial charge is 0.508 e. The summed E-state index contributed by atoms with van der Waals surface area (Å²) in [5.41, 5.74) is 2.11. The van der Waals surface area contributed by atoms with Crippen molar-refractivity contribution in [3.63, 3.8) is 0 Å². The predicted molar refractivity (Wildman–Crippen MR) is 100.0 cm³/mol. The van der Waals surface area contributed by atoms with Gasteiger partial charge in [-0.25, -0.2) is 0 Å². The maximum atomic E-state index is 9.71. The third kappa shape index (κ3) is 5.79. The van der Waals surface area contributed by atoms with E-state index >= 15 is 0 Å². The molecule has 1 atom stereocenters. The molecule has 0 saturated heterocycles. The molecule has 0 bridgehead atoms. The van der Waals surface area contributed by atoms with Crippen LogP contribution in [0.3, 0.4) is 0 Å². The standard InChI is InChI=1S/C18H15O2.C5H5.Fe/c19-16-10-8-14(9-11-16)18(13-4-1-2-5-13)15-6-3-7-17(20)12-15;1-2-4-5-3-1;/h1-12,18-20H;1-5H;/q;;+2. The van der Waals surface area contributed by atoms with Gasteiger partial charge in [0.15, 0.2) is 0 Å². The Hall–Kier alpha value is -1.44. The molecule has 2 N–H and O–H groups in total. The number of hydrogen-bond acceptors (Lipinski definition) is 2. The van der Waals surface area contributed by atoms with E-state index in [1.165, 1.54) is 5.92 Å². The molecular weight excluding hydrogens is 364 g/mol. The molecule has 4 rings (SSSR count). The van der Waals surface area contributed by atoms with Crippen LogP contribution in [0.5, 0.6) is 11.5 Å². The molecule has 2 aliphatic rings. The SMILES string of the molecule is Oc1ccc(C([C]2[CH][CH][CH][CH]2)c2cccc(O)c2)cc1.[CH]1[CH][CH][CH][CH]1.[Fe+2]. The summed E-state index contributed by atoms with van der Waals surface area (Å²) in [4.78, 5) is 0. The quantitative estimate of drug-likeness (QED) is 0.757. The Labute approximate surface area is 168 Å². The number of benzene rings is 2. The summed E-state index contributed by atoms with van der Waals surface area (Å²) < 4.78 is 0. The number of rotatable bonds is 3. The van der Waals surface area contributed by atoms with E-state index in [2.05, 4.69) is 12.8 Å². The molecule has 2 nitrogen and oxygen atoms in total. The molecule has 2 fully saturated rings. The van der Waals surface area contributed by atoms with Crippen molar-refractivity contribution in [2.75, 3.05) is 0 Å². The van der Waals surface area contributed by atoms with Gasteiger partial charge in [0.05, 0.1) is 0 Å². The van der Waals surface area contributed by atoms with Gasteiger partial charge in [-0.2, -0.15) is 0 Å². The molecule has 2 aromatic rings. The molecule has 0 amide bonds. The van der Waals surface area contributed by atoms with Crippen molar-refractivity contribution in [3.05, 3.63) is 123 Å². The maximum absolute atomic E-state index is 9.71. The molecule has 26 heavy (non-hydrogen) atoms. The molecule has 0 aliphatic heterocycles. The fourth-order valence-electron chi connectivity index (χ4n) is 2.85. The second kappa shape index (κ2) is 10.6. The molecule has 2 aromatic carbocycles. The largest absolute Gasteiger partial charge is 2.00 e. The van der Waals surface area contributed by atoms with Crippen LogP contribution in [0.4, 0.5) is 0 Å². The molecule has 0 heterocycles. The van der Waals surface area contributed by atoms with Gasteiger partial charge in [-0.15, -0.1) is 0 Å². The van der Waals surface area contributed by atoms with E-state index in [-0.39, 0.29) is 34.5 Å². The molecule has 3 heteroatoms. The van der Waals surface area contributed by atoms with Crippen molar-refractivity contribution in [3.8, 4) is 11.5 Å². The third-order valence-electron chi connectivity index (χ3n) is 4.01. The zero-order chi connectivity index (χ0) is 17.5. The van der Waals surface area contributed by atoms with Gasteiger partial charge in [0.2, 0.25) is 0 Å². The summed E-state index contributed by atoms with van der Waals surface area (Å²) in [6.07, 6.45) is 18.2. The number of phenolic OH excluding ortho intramolecular Hbond substituents is 2. The Bertz CT molecular complexity index is 636. The Morgan fingerprint density at radius 1 is 0.577 bits per heavy atom. The van der Waals surface area contributed by atoms with E-state index in [0.717, 1.165) is 11.1 Å². The second-order valence-electron chi connectivity index (χ2n) is 5.80. The second-order valence-corrected chi connectivity index (χ2v) is 5.80. The van der Waals surface area contributed by atoms with Crippen molar-refractivity contribution in [2.45, 2.75) is 5.92 Å². The van der Waals surface area contributed by atoms with Crippen LogP contribution in [-0.2, 0) is 17.1 Å². The van der Waals surface area contributed by atoms with Crippen LogP contribution in [0, 0.1) is 63.7 Å². The number of hydrogen-bond donors (Lipinski definition) is 2. The van der Waals surface area contributed by atoms with Gasteiger partial charge < -0.3 is 10.2 Å².